The van der Waals surface area contributed by atoms with Gasteiger partial charge in [0.15, 0.2) is 11.8 Å². The Labute approximate surface area is 145 Å². The van der Waals surface area contributed by atoms with Crippen LogP contribution in [-0.4, -0.2) is 27.3 Å². The summed E-state index contributed by atoms with van der Waals surface area (Å²) in [7, 11) is 1.86. The molecule has 2 N–H and O–H groups in total. The molecule has 1 aromatic carbocycles. The highest BCUT2D eigenvalue weighted by Crippen LogP contribution is 2.17. The second kappa shape index (κ2) is 8.36. The Morgan fingerprint density at radius 1 is 1.40 bits per heavy atom. The van der Waals surface area contributed by atoms with Crippen molar-refractivity contribution in [1.82, 2.24) is 25.4 Å². The molecular weight excluding hydrogens is 326 g/mol. The smallest absolute Gasteiger partial charge is 0.192 e. The summed E-state index contributed by atoms with van der Waals surface area (Å²) in [6.45, 7) is 8.08. The molecule has 2 aromatic rings. The lowest BCUT2D eigenvalue weighted by molar-refractivity contribution is 0.551. The van der Waals surface area contributed by atoms with Crippen molar-refractivity contribution in [3.63, 3.8) is 0 Å². The van der Waals surface area contributed by atoms with Crippen LogP contribution in [0.3, 0.4) is 0 Å². The average Bonchev–Trinajstić information content (AvgIpc) is 2.89. The molecule has 0 amide bonds. The van der Waals surface area contributed by atoms with Gasteiger partial charge in [0.05, 0.1) is 6.04 Å². The summed E-state index contributed by atoms with van der Waals surface area (Å²) in [6.07, 6.45) is 1.69. The van der Waals surface area contributed by atoms with Crippen LogP contribution in [0.2, 0.25) is 0 Å². The number of rotatable bonds is 6. The maximum atomic E-state index is 13.9. The molecule has 0 saturated carbocycles. The van der Waals surface area contributed by atoms with Crippen molar-refractivity contribution in [3.8, 4) is 0 Å². The Balaban J connectivity index is 2.14. The van der Waals surface area contributed by atoms with Gasteiger partial charge in [0.25, 0.3) is 0 Å². The molecule has 1 atom stereocenters. The van der Waals surface area contributed by atoms with Gasteiger partial charge in [-0.25, -0.2) is 13.8 Å². The lowest BCUT2D eigenvalue weighted by Gasteiger charge is -2.18. The average molecular weight is 348 g/mol. The molecule has 1 aromatic heterocycles. The largest absolute Gasteiger partial charge is 0.353 e. The van der Waals surface area contributed by atoms with Gasteiger partial charge in [-0.05, 0) is 19.9 Å². The van der Waals surface area contributed by atoms with Crippen LogP contribution < -0.4 is 10.6 Å². The maximum absolute atomic E-state index is 13.9. The minimum absolute atomic E-state index is 0.308. The number of nitrogens with zero attached hydrogens (tertiary/aromatic N) is 4. The van der Waals surface area contributed by atoms with Gasteiger partial charge in [0.2, 0.25) is 0 Å². The number of aromatic nitrogens is 3. The van der Waals surface area contributed by atoms with Crippen LogP contribution in [0.1, 0.15) is 30.2 Å². The van der Waals surface area contributed by atoms with Crippen LogP contribution in [-0.2, 0) is 13.6 Å². The quantitative estimate of drug-likeness (QED) is 0.478. The molecule has 6 nitrogen and oxygen atoms in total. The van der Waals surface area contributed by atoms with E-state index in [9.17, 15) is 8.78 Å². The lowest BCUT2D eigenvalue weighted by Crippen LogP contribution is -2.39. The number of hydrogen-bond acceptors (Lipinski definition) is 3. The normalized spacial score (nSPS) is 12.8. The number of aryl methyl sites for hydroxylation is 1. The number of hydrogen-bond donors (Lipinski definition) is 2. The molecule has 25 heavy (non-hydrogen) atoms. The summed E-state index contributed by atoms with van der Waals surface area (Å²) in [5.74, 6) is 0.756. The van der Waals surface area contributed by atoms with Crippen LogP contribution in [0.25, 0.3) is 0 Å². The molecule has 8 heteroatoms. The number of nitrogens with one attached hydrogen (secondary N) is 2. The van der Waals surface area contributed by atoms with Crippen LogP contribution in [0.15, 0.2) is 35.8 Å². The SMILES string of the molecule is C=CCNC(=NCc1nnc(C)n1C)NC(C)c1ccc(F)cc1F. The molecule has 2 rings (SSSR count). The molecule has 1 heterocycles. The van der Waals surface area contributed by atoms with E-state index in [1.165, 1.54) is 12.1 Å². The first-order valence-corrected chi connectivity index (χ1v) is 7.88. The first-order valence-electron chi connectivity index (χ1n) is 7.88. The predicted octanol–water partition coefficient (Wildman–Crippen LogP) is 2.38. The van der Waals surface area contributed by atoms with Gasteiger partial charge < -0.3 is 15.2 Å². The number of halogens is 2. The fourth-order valence-electron chi connectivity index (χ4n) is 2.20. The Morgan fingerprint density at radius 3 is 2.76 bits per heavy atom. The number of guanidine groups is 1. The van der Waals surface area contributed by atoms with E-state index >= 15 is 0 Å². The molecule has 0 aliphatic carbocycles. The highest BCUT2D eigenvalue weighted by molar-refractivity contribution is 5.80. The summed E-state index contributed by atoms with van der Waals surface area (Å²) in [4.78, 5) is 4.45. The van der Waals surface area contributed by atoms with Gasteiger partial charge in [-0.2, -0.15) is 0 Å². The van der Waals surface area contributed by atoms with E-state index in [4.69, 9.17) is 0 Å². The van der Waals surface area contributed by atoms with Crippen molar-refractivity contribution in [1.29, 1.82) is 0 Å². The van der Waals surface area contributed by atoms with Crippen molar-refractivity contribution in [2.45, 2.75) is 26.4 Å². The molecule has 0 aliphatic rings. The van der Waals surface area contributed by atoms with Gasteiger partial charge >= 0.3 is 0 Å². The van der Waals surface area contributed by atoms with Crippen molar-refractivity contribution in [2.24, 2.45) is 12.0 Å². The Kier molecular flexibility index (Phi) is 6.21. The Morgan fingerprint density at radius 2 is 2.16 bits per heavy atom. The molecule has 0 fully saturated rings. The van der Waals surface area contributed by atoms with Gasteiger partial charge in [-0.3, -0.25) is 0 Å². The molecule has 0 radical (unpaired) electrons. The van der Waals surface area contributed by atoms with E-state index in [-0.39, 0.29) is 0 Å². The zero-order valence-electron chi connectivity index (χ0n) is 14.6. The standard InChI is InChI=1S/C17H22F2N6/c1-5-8-20-17(21-10-16-24-23-12(3)25(16)4)22-11(2)14-7-6-13(18)9-15(14)19/h5-7,9,11H,1,8,10H2,2-4H3,(H2,20,21,22). The van der Waals surface area contributed by atoms with Crippen molar-refractivity contribution in [3.05, 3.63) is 59.7 Å². The van der Waals surface area contributed by atoms with E-state index in [0.717, 1.165) is 11.9 Å². The van der Waals surface area contributed by atoms with Gasteiger partial charge in [-0.15, -0.1) is 16.8 Å². The molecule has 0 spiro atoms. The van der Waals surface area contributed by atoms with E-state index in [2.05, 4.69) is 32.4 Å². The number of benzene rings is 1. The topological polar surface area (TPSA) is 67.1 Å². The van der Waals surface area contributed by atoms with Crippen LogP contribution in [0.4, 0.5) is 8.78 Å². The summed E-state index contributed by atoms with van der Waals surface area (Å²) in [5, 5.41) is 14.2. The summed E-state index contributed by atoms with van der Waals surface area (Å²) < 4.78 is 28.8. The monoisotopic (exact) mass is 348 g/mol. The fraction of sp³-hybridized carbons (Fsp3) is 0.353. The van der Waals surface area contributed by atoms with Gasteiger partial charge in [0.1, 0.15) is 24.0 Å². The molecule has 1 unspecified atom stereocenters. The van der Waals surface area contributed by atoms with Crippen LogP contribution >= 0.6 is 0 Å². The lowest BCUT2D eigenvalue weighted by atomic mass is 10.1. The van der Waals surface area contributed by atoms with E-state index in [0.29, 0.717) is 30.4 Å². The van der Waals surface area contributed by atoms with E-state index in [1.54, 1.807) is 13.0 Å². The minimum atomic E-state index is -0.607. The van der Waals surface area contributed by atoms with Crippen molar-refractivity contribution in [2.75, 3.05) is 6.54 Å². The van der Waals surface area contributed by atoms with Crippen molar-refractivity contribution < 1.29 is 8.78 Å². The third-order valence-electron chi connectivity index (χ3n) is 3.76. The summed E-state index contributed by atoms with van der Waals surface area (Å²) in [5.41, 5.74) is 0.351. The molecular formula is C17H22F2N6. The zero-order valence-corrected chi connectivity index (χ0v) is 14.6. The van der Waals surface area contributed by atoms with Crippen LogP contribution in [0.5, 0.6) is 0 Å². The third-order valence-corrected chi connectivity index (χ3v) is 3.76. The van der Waals surface area contributed by atoms with Crippen molar-refractivity contribution >= 4 is 5.96 Å². The van der Waals surface area contributed by atoms with E-state index in [1.807, 2.05) is 18.5 Å². The summed E-state index contributed by atoms with van der Waals surface area (Å²) in [6, 6.07) is 3.11. The van der Waals surface area contributed by atoms with Gasteiger partial charge in [-0.1, -0.05) is 12.1 Å². The maximum Gasteiger partial charge on any atom is 0.192 e. The Bertz CT molecular complexity index is 768. The first-order chi connectivity index (χ1) is 11.9. The predicted molar refractivity (Wildman–Crippen MR) is 93.0 cm³/mol. The minimum Gasteiger partial charge on any atom is -0.353 e. The van der Waals surface area contributed by atoms with Gasteiger partial charge in [0, 0.05) is 25.2 Å². The third kappa shape index (κ3) is 4.85. The zero-order chi connectivity index (χ0) is 18.4. The molecule has 0 saturated heterocycles. The second-order valence-corrected chi connectivity index (χ2v) is 5.59. The highest BCUT2D eigenvalue weighted by atomic mass is 19.1. The molecule has 0 bridgehead atoms. The summed E-state index contributed by atoms with van der Waals surface area (Å²) >= 11 is 0. The molecule has 0 aliphatic heterocycles. The fourth-order valence-corrected chi connectivity index (χ4v) is 2.20. The highest BCUT2D eigenvalue weighted by Gasteiger charge is 2.13. The first kappa shape index (κ1) is 18.6. The van der Waals surface area contributed by atoms with Crippen LogP contribution in [0, 0.1) is 18.6 Å². The Hall–Kier alpha value is -2.77. The van der Waals surface area contributed by atoms with E-state index < -0.39 is 17.7 Å². The molecule has 134 valence electrons. The second-order valence-electron chi connectivity index (χ2n) is 5.59. The number of aliphatic imine (C=N–C) groups is 1.